The molecule has 0 amide bonds. The summed E-state index contributed by atoms with van der Waals surface area (Å²) in [5.74, 6) is 1.32. The van der Waals surface area contributed by atoms with Crippen LogP contribution in [0.15, 0.2) is 48.3 Å². The fourth-order valence-electron chi connectivity index (χ4n) is 3.94. The van der Waals surface area contributed by atoms with E-state index in [1.807, 2.05) is 24.3 Å². The molecule has 1 atom stereocenters. The van der Waals surface area contributed by atoms with Crippen molar-refractivity contribution in [1.82, 2.24) is 15.3 Å². The molecule has 8 nitrogen and oxygen atoms in total. The Morgan fingerprint density at radius 3 is 2.32 bits per heavy atom. The summed E-state index contributed by atoms with van der Waals surface area (Å²) in [5.41, 5.74) is 0.971. The van der Waals surface area contributed by atoms with Crippen molar-refractivity contribution in [2.45, 2.75) is 19.4 Å². The molecule has 1 aromatic heterocycles. The van der Waals surface area contributed by atoms with Crippen LogP contribution in [0.3, 0.4) is 0 Å². The summed E-state index contributed by atoms with van der Waals surface area (Å²) in [6.45, 7) is 3.04. The number of aromatic nitrogens is 2. The first kappa shape index (κ1) is 20.5. The van der Waals surface area contributed by atoms with E-state index in [0.717, 1.165) is 11.0 Å². The smallest absolute Gasteiger partial charge is 0.203 e. The third-order valence-corrected chi connectivity index (χ3v) is 5.72. The van der Waals surface area contributed by atoms with Crippen LogP contribution in [0.5, 0.6) is 11.5 Å². The highest BCUT2D eigenvalue weighted by Gasteiger charge is 2.54. The number of aromatic amines is 1. The second-order valence-electron chi connectivity index (χ2n) is 7.44. The van der Waals surface area contributed by atoms with Gasteiger partial charge in [0.1, 0.15) is 28.7 Å². The minimum Gasteiger partial charge on any atom is -0.497 e. The molecule has 0 bridgehead atoms. The third-order valence-electron chi connectivity index (χ3n) is 5.72. The number of ketones is 2. The van der Waals surface area contributed by atoms with Crippen LogP contribution < -0.4 is 19.7 Å². The molecule has 2 aromatic carbocycles. The predicted molar refractivity (Wildman–Crippen MR) is 118 cm³/mol. The summed E-state index contributed by atoms with van der Waals surface area (Å²) < 4.78 is 10.8. The zero-order valence-electron chi connectivity index (χ0n) is 18.1. The van der Waals surface area contributed by atoms with E-state index in [1.54, 1.807) is 51.3 Å². The minimum absolute atomic E-state index is 0.293. The Bertz CT molecular complexity index is 1170. The number of carbonyl (C=O) groups is 2. The number of fused-ring (bicyclic) bond motifs is 1. The van der Waals surface area contributed by atoms with Gasteiger partial charge in [-0.1, -0.05) is 12.1 Å². The van der Waals surface area contributed by atoms with Crippen LogP contribution in [-0.4, -0.2) is 48.3 Å². The normalized spacial score (nSPS) is 18.6. The third kappa shape index (κ3) is 3.02. The van der Waals surface area contributed by atoms with Crippen LogP contribution in [0.4, 0.5) is 5.69 Å². The number of para-hydroxylation sites is 2. The molecule has 0 saturated carbocycles. The fraction of sp³-hybridized carbons (Fsp3) is 0.261. The van der Waals surface area contributed by atoms with Gasteiger partial charge in [-0.2, -0.15) is 0 Å². The molecule has 31 heavy (non-hydrogen) atoms. The highest BCUT2D eigenvalue weighted by Crippen LogP contribution is 2.43. The van der Waals surface area contributed by atoms with Gasteiger partial charge in [0.15, 0.2) is 11.3 Å². The Kier molecular flexibility index (Phi) is 4.93. The molecule has 2 N–H and O–H groups in total. The number of anilines is 1. The zero-order valence-corrected chi connectivity index (χ0v) is 18.1. The molecular formula is C23H24N4O4. The molecule has 1 unspecified atom stereocenters. The van der Waals surface area contributed by atoms with Crippen molar-refractivity contribution in [3.05, 3.63) is 54.1 Å². The molecule has 8 heteroatoms. The van der Waals surface area contributed by atoms with Gasteiger partial charge < -0.3 is 24.7 Å². The van der Waals surface area contributed by atoms with E-state index in [1.165, 1.54) is 6.92 Å². The molecule has 4 rings (SSSR count). The van der Waals surface area contributed by atoms with E-state index in [4.69, 9.17) is 9.47 Å². The SMILES string of the molecule is CNC1=C(c2nc3ccccc3[nH]2)C(=O)C(C)(C(C)=O)N1c1cc(OC)cc(OC)c1. The van der Waals surface area contributed by atoms with Crippen LogP contribution in [-0.2, 0) is 9.59 Å². The Balaban J connectivity index is 1.99. The molecule has 1 aliphatic rings. The molecule has 0 radical (unpaired) electrons. The van der Waals surface area contributed by atoms with Gasteiger partial charge in [-0.15, -0.1) is 0 Å². The Labute approximate surface area is 179 Å². The van der Waals surface area contributed by atoms with Crippen LogP contribution in [0.25, 0.3) is 16.6 Å². The summed E-state index contributed by atoms with van der Waals surface area (Å²) in [7, 11) is 4.81. The first-order valence-electron chi connectivity index (χ1n) is 9.81. The largest absolute Gasteiger partial charge is 0.497 e. The van der Waals surface area contributed by atoms with E-state index in [9.17, 15) is 9.59 Å². The van der Waals surface area contributed by atoms with Crippen molar-refractivity contribution < 1.29 is 19.1 Å². The zero-order chi connectivity index (χ0) is 22.3. The quantitative estimate of drug-likeness (QED) is 0.592. The standard InChI is InChI=1S/C23H24N4O4/c1-13(28)23(2)20(29)19(21-25-17-8-6-7-9-18(17)26-21)22(24-3)27(23)14-10-15(30-4)12-16(11-14)31-5/h6-12,24H,1-5H3,(H,25,26). The van der Waals surface area contributed by atoms with Gasteiger partial charge in [-0.05, 0) is 26.0 Å². The van der Waals surface area contributed by atoms with E-state index in [0.29, 0.717) is 34.4 Å². The van der Waals surface area contributed by atoms with Crippen LogP contribution >= 0.6 is 0 Å². The highest BCUT2D eigenvalue weighted by atomic mass is 16.5. The monoisotopic (exact) mass is 420 g/mol. The number of rotatable bonds is 6. The summed E-state index contributed by atoms with van der Waals surface area (Å²) in [5, 5.41) is 3.11. The van der Waals surface area contributed by atoms with Crippen molar-refractivity contribution in [3.63, 3.8) is 0 Å². The molecule has 1 aliphatic heterocycles. The Morgan fingerprint density at radius 1 is 1.13 bits per heavy atom. The number of imidazole rings is 1. The Morgan fingerprint density at radius 2 is 1.77 bits per heavy atom. The lowest BCUT2D eigenvalue weighted by Gasteiger charge is -2.35. The molecule has 0 spiro atoms. The summed E-state index contributed by atoms with van der Waals surface area (Å²) in [4.78, 5) is 36.1. The average Bonchev–Trinajstić information content (AvgIpc) is 3.30. The highest BCUT2D eigenvalue weighted by molar-refractivity contribution is 6.37. The van der Waals surface area contributed by atoms with Crippen molar-refractivity contribution in [3.8, 4) is 11.5 Å². The number of nitrogens with zero attached hydrogens (tertiary/aromatic N) is 2. The number of hydrogen-bond donors (Lipinski definition) is 2. The minimum atomic E-state index is -1.47. The summed E-state index contributed by atoms with van der Waals surface area (Å²) in [6.07, 6.45) is 0. The maximum atomic E-state index is 13.7. The molecule has 0 fully saturated rings. The first-order chi connectivity index (χ1) is 14.8. The van der Waals surface area contributed by atoms with Gasteiger partial charge >= 0.3 is 0 Å². The maximum Gasteiger partial charge on any atom is 0.203 e. The molecule has 3 aromatic rings. The van der Waals surface area contributed by atoms with Crippen molar-refractivity contribution in [2.75, 3.05) is 26.2 Å². The van der Waals surface area contributed by atoms with Gasteiger partial charge in [-0.3, -0.25) is 9.59 Å². The Hall–Kier alpha value is -3.81. The van der Waals surface area contributed by atoms with Crippen LogP contribution in [0, 0.1) is 0 Å². The van der Waals surface area contributed by atoms with Gasteiger partial charge in [-0.25, -0.2) is 4.98 Å². The van der Waals surface area contributed by atoms with Crippen LogP contribution in [0.1, 0.15) is 19.7 Å². The maximum absolute atomic E-state index is 13.7. The number of hydrogen-bond acceptors (Lipinski definition) is 7. The predicted octanol–water partition coefficient (Wildman–Crippen LogP) is 2.91. The summed E-state index contributed by atoms with van der Waals surface area (Å²) in [6, 6.07) is 12.8. The van der Waals surface area contributed by atoms with E-state index < -0.39 is 5.54 Å². The van der Waals surface area contributed by atoms with E-state index >= 15 is 0 Å². The number of nitrogens with one attached hydrogen (secondary N) is 2. The van der Waals surface area contributed by atoms with Crippen molar-refractivity contribution >= 4 is 33.9 Å². The second kappa shape index (κ2) is 7.46. The van der Waals surface area contributed by atoms with Gasteiger partial charge in [0.25, 0.3) is 0 Å². The van der Waals surface area contributed by atoms with Crippen LogP contribution in [0.2, 0.25) is 0 Å². The molecule has 2 heterocycles. The average molecular weight is 420 g/mol. The van der Waals surface area contributed by atoms with Gasteiger partial charge in [0.2, 0.25) is 5.78 Å². The van der Waals surface area contributed by atoms with Crippen molar-refractivity contribution in [1.29, 1.82) is 0 Å². The fourth-order valence-corrected chi connectivity index (χ4v) is 3.94. The number of carbonyl (C=O) groups excluding carboxylic acids is 2. The van der Waals surface area contributed by atoms with Crippen molar-refractivity contribution in [2.24, 2.45) is 0 Å². The number of methoxy groups -OCH3 is 2. The van der Waals surface area contributed by atoms with Gasteiger partial charge in [0, 0.05) is 25.2 Å². The lowest BCUT2D eigenvalue weighted by atomic mass is 9.89. The lowest BCUT2D eigenvalue weighted by molar-refractivity contribution is -0.128. The van der Waals surface area contributed by atoms with E-state index in [2.05, 4.69) is 15.3 Å². The number of H-pyrrole nitrogens is 1. The van der Waals surface area contributed by atoms with E-state index in [-0.39, 0.29) is 11.6 Å². The summed E-state index contributed by atoms with van der Waals surface area (Å²) >= 11 is 0. The number of benzene rings is 2. The first-order valence-corrected chi connectivity index (χ1v) is 9.81. The van der Waals surface area contributed by atoms with Gasteiger partial charge in [0.05, 0.1) is 30.9 Å². The molecule has 160 valence electrons. The molecule has 0 aliphatic carbocycles. The molecule has 0 saturated heterocycles. The number of ether oxygens (including phenoxy) is 2. The molecular weight excluding hydrogens is 396 g/mol. The second-order valence-corrected chi connectivity index (χ2v) is 7.44. The number of Topliss-reactive ketones (excluding diaryl/α,β-unsaturated/α-hetero) is 2. The lowest BCUT2D eigenvalue weighted by Crippen LogP contribution is -2.54. The topological polar surface area (TPSA) is 96.5 Å².